The summed E-state index contributed by atoms with van der Waals surface area (Å²) in [6, 6.07) is 5.99. The number of benzene rings is 1. The molecule has 0 saturated heterocycles. The number of oxazole rings is 1. The third kappa shape index (κ3) is 3.14. The molecule has 0 aliphatic rings. The van der Waals surface area contributed by atoms with Crippen molar-refractivity contribution >= 4 is 33.6 Å². The van der Waals surface area contributed by atoms with Gasteiger partial charge in [0.1, 0.15) is 6.26 Å². The molecule has 0 saturated carbocycles. The number of aromatic nitrogens is 1. The van der Waals surface area contributed by atoms with Crippen molar-refractivity contribution < 1.29 is 13.9 Å². The molecule has 0 unspecified atom stereocenters. The summed E-state index contributed by atoms with van der Waals surface area (Å²) in [6.07, 6.45) is 1.27. The van der Waals surface area contributed by atoms with Crippen LogP contribution in [0, 0.1) is 6.92 Å². The molecule has 1 N–H and O–H groups in total. The summed E-state index contributed by atoms with van der Waals surface area (Å²) in [4.78, 5) is 15.5. The lowest BCUT2D eigenvalue weighted by molar-refractivity contribution is 0.0519. The standard InChI is InChI=1S/C13H13BrN2O3/c1-3-18-12(17)11-7-19-13(16-11)15-10-6-4-5-9(14)8(10)2/h4-7H,3H2,1-2H3,(H,15,16). The maximum atomic E-state index is 11.5. The lowest BCUT2D eigenvalue weighted by Crippen LogP contribution is -2.05. The van der Waals surface area contributed by atoms with E-state index in [0.717, 1.165) is 15.7 Å². The van der Waals surface area contributed by atoms with E-state index in [9.17, 15) is 4.79 Å². The highest BCUT2D eigenvalue weighted by atomic mass is 79.9. The third-order valence-corrected chi connectivity index (χ3v) is 3.36. The van der Waals surface area contributed by atoms with Crippen molar-refractivity contribution in [2.75, 3.05) is 11.9 Å². The number of carbonyl (C=O) groups is 1. The van der Waals surface area contributed by atoms with Crippen LogP contribution >= 0.6 is 15.9 Å². The fourth-order valence-electron chi connectivity index (χ4n) is 1.49. The molecular weight excluding hydrogens is 312 g/mol. The zero-order valence-corrected chi connectivity index (χ0v) is 12.2. The summed E-state index contributed by atoms with van der Waals surface area (Å²) in [7, 11) is 0. The molecule has 1 aromatic carbocycles. The van der Waals surface area contributed by atoms with Crippen molar-refractivity contribution in [3.63, 3.8) is 0 Å². The summed E-state index contributed by atoms with van der Waals surface area (Å²) in [5, 5.41) is 3.01. The topological polar surface area (TPSA) is 64.4 Å². The van der Waals surface area contributed by atoms with E-state index in [1.807, 2.05) is 25.1 Å². The molecule has 0 spiro atoms. The van der Waals surface area contributed by atoms with E-state index < -0.39 is 5.97 Å². The highest BCUT2D eigenvalue weighted by Gasteiger charge is 2.13. The minimum Gasteiger partial charge on any atom is -0.461 e. The Morgan fingerprint density at radius 2 is 2.32 bits per heavy atom. The van der Waals surface area contributed by atoms with Crippen molar-refractivity contribution in [3.05, 3.63) is 40.2 Å². The summed E-state index contributed by atoms with van der Waals surface area (Å²) >= 11 is 3.44. The SMILES string of the molecule is CCOC(=O)c1coc(Nc2cccc(Br)c2C)n1. The summed E-state index contributed by atoms with van der Waals surface area (Å²) in [6.45, 7) is 4.00. The van der Waals surface area contributed by atoms with Crippen LogP contribution in [0.25, 0.3) is 0 Å². The van der Waals surface area contributed by atoms with Crippen LogP contribution in [-0.2, 0) is 4.74 Å². The smallest absolute Gasteiger partial charge is 0.360 e. The molecule has 1 aromatic heterocycles. The maximum Gasteiger partial charge on any atom is 0.360 e. The van der Waals surface area contributed by atoms with E-state index >= 15 is 0 Å². The minimum atomic E-state index is -0.495. The normalized spacial score (nSPS) is 10.3. The van der Waals surface area contributed by atoms with Gasteiger partial charge in [0, 0.05) is 10.2 Å². The summed E-state index contributed by atoms with van der Waals surface area (Å²) in [5.74, 6) is -0.495. The number of halogens is 1. The summed E-state index contributed by atoms with van der Waals surface area (Å²) in [5.41, 5.74) is 2.03. The fourth-order valence-corrected chi connectivity index (χ4v) is 1.85. The van der Waals surface area contributed by atoms with Gasteiger partial charge in [0.15, 0.2) is 5.69 Å². The Hall–Kier alpha value is -1.82. The number of hydrogen-bond donors (Lipinski definition) is 1. The zero-order valence-electron chi connectivity index (χ0n) is 10.6. The first-order valence-electron chi connectivity index (χ1n) is 5.76. The molecule has 6 heteroatoms. The number of carbonyl (C=O) groups excluding carboxylic acids is 1. The molecule has 5 nitrogen and oxygen atoms in total. The van der Waals surface area contributed by atoms with Gasteiger partial charge in [-0.15, -0.1) is 0 Å². The second kappa shape index (κ2) is 5.88. The van der Waals surface area contributed by atoms with Gasteiger partial charge in [-0.1, -0.05) is 22.0 Å². The van der Waals surface area contributed by atoms with E-state index in [0.29, 0.717) is 6.61 Å². The van der Waals surface area contributed by atoms with Crippen molar-refractivity contribution in [2.45, 2.75) is 13.8 Å². The Kier molecular flexibility index (Phi) is 4.21. The van der Waals surface area contributed by atoms with Crippen LogP contribution in [0.4, 0.5) is 11.7 Å². The highest BCUT2D eigenvalue weighted by Crippen LogP contribution is 2.26. The first-order chi connectivity index (χ1) is 9.11. The Labute approximate surface area is 119 Å². The molecule has 0 bridgehead atoms. The number of hydrogen-bond acceptors (Lipinski definition) is 5. The average molecular weight is 325 g/mol. The predicted octanol–water partition coefficient (Wildman–Crippen LogP) is 3.67. The lowest BCUT2D eigenvalue weighted by atomic mass is 10.2. The van der Waals surface area contributed by atoms with Crippen LogP contribution in [0.15, 0.2) is 33.4 Å². The van der Waals surface area contributed by atoms with E-state index in [-0.39, 0.29) is 11.7 Å². The molecule has 19 heavy (non-hydrogen) atoms. The van der Waals surface area contributed by atoms with Gasteiger partial charge in [-0.25, -0.2) is 4.79 Å². The van der Waals surface area contributed by atoms with Crippen molar-refractivity contribution in [2.24, 2.45) is 0 Å². The van der Waals surface area contributed by atoms with Gasteiger partial charge in [-0.3, -0.25) is 0 Å². The number of nitrogens with one attached hydrogen (secondary N) is 1. The first-order valence-corrected chi connectivity index (χ1v) is 6.56. The quantitative estimate of drug-likeness (QED) is 0.869. The number of ether oxygens (including phenoxy) is 1. The van der Waals surface area contributed by atoms with Gasteiger partial charge in [0.2, 0.25) is 0 Å². The number of esters is 1. The van der Waals surface area contributed by atoms with Crippen LogP contribution in [0.5, 0.6) is 0 Å². The van der Waals surface area contributed by atoms with Gasteiger partial charge in [0.05, 0.1) is 6.61 Å². The largest absolute Gasteiger partial charge is 0.461 e. The second-order valence-corrected chi connectivity index (χ2v) is 4.65. The van der Waals surface area contributed by atoms with E-state index in [1.54, 1.807) is 6.92 Å². The van der Waals surface area contributed by atoms with Gasteiger partial charge >= 0.3 is 5.97 Å². The fraction of sp³-hybridized carbons (Fsp3) is 0.231. The molecule has 2 aromatic rings. The second-order valence-electron chi connectivity index (χ2n) is 3.80. The van der Waals surface area contributed by atoms with Gasteiger partial charge < -0.3 is 14.5 Å². The van der Waals surface area contributed by atoms with Gasteiger partial charge in [0.25, 0.3) is 6.01 Å². The van der Waals surface area contributed by atoms with Crippen LogP contribution in [-0.4, -0.2) is 17.6 Å². The molecule has 0 radical (unpaired) electrons. The van der Waals surface area contributed by atoms with Gasteiger partial charge in [-0.2, -0.15) is 4.98 Å². The Morgan fingerprint density at radius 1 is 1.53 bits per heavy atom. The van der Waals surface area contributed by atoms with Crippen molar-refractivity contribution in [3.8, 4) is 0 Å². The van der Waals surface area contributed by atoms with Crippen molar-refractivity contribution in [1.82, 2.24) is 4.98 Å². The number of nitrogens with zero attached hydrogens (tertiary/aromatic N) is 1. The van der Waals surface area contributed by atoms with Crippen LogP contribution in [0.3, 0.4) is 0 Å². The molecule has 0 aliphatic carbocycles. The molecule has 1 heterocycles. The number of anilines is 2. The van der Waals surface area contributed by atoms with Crippen LogP contribution in [0.2, 0.25) is 0 Å². The molecule has 0 atom stereocenters. The molecule has 100 valence electrons. The van der Waals surface area contributed by atoms with E-state index in [2.05, 4.69) is 26.2 Å². The zero-order chi connectivity index (χ0) is 13.8. The lowest BCUT2D eigenvalue weighted by Gasteiger charge is -2.06. The molecular formula is C13H13BrN2O3. The summed E-state index contributed by atoms with van der Waals surface area (Å²) < 4.78 is 11.0. The highest BCUT2D eigenvalue weighted by molar-refractivity contribution is 9.10. The first kappa shape index (κ1) is 13.6. The third-order valence-electron chi connectivity index (χ3n) is 2.50. The Balaban J connectivity index is 2.16. The Morgan fingerprint density at radius 3 is 3.05 bits per heavy atom. The number of rotatable bonds is 4. The monoisotopic (exact) mass is 324 g/mol. The maximum absolute atomic E-state index is 11.5. The molecule has 2 rings (SSSR count). The van der Waals surface area contributed by atoms with Crippen molar-refractivity contribution in [1.29, 1.82) is 0 Å². The Bertz CT molecular complexity index is 595. The molecule has 0 fully saturated rings. The predicted molar refractivity (Wildman–Crippen MR) is 74.6 cm³/mol. The van der Waals surface area contributed by atoms with E-state index in [4.69, 9.17) is 9.15 Å². The van der Waals surface area contributed by atoms with Crippen LogP contribution < -0.4 is 5.32 Å². The minimum absolute atomic E-state index is 0.150. The molecule has 0 amide bonds. The average Bonchev–Trinajstić information content (AvgIpc) is 2.84. The van der Waals surface area contributed by atoms with Gasteiger partial charge in [-0.05, 0) is 31.5 Å². The van der Waals surface area contributed by atoms with E-state index in [1.165, 1.54) is 6.26 Å². The molecule has 0 aliphatic heterocycles. The van der Waals surface area contributed by atoms with Crippen LogP contribution in [0.1, 0.15) is 23.0 Å².